The van der Waals surface area contributed by atoms with Crippen LogP contribution in [-0.4, -0.2) is 60.8 Å². The van der Waals surface area contributed by atoms with Gasteiger partial charge in [-0.05, 0) is 49.7 Å². The molecule has 0 amide bonds. The van der Waals surface area contributed by atoms with Crippen molar-refractivity contribution in [3.05, 3.63) is 36.0 Å². The van der Waals surface area contributed by atoms with Crippen LogP contribution in [0.5, 0.6) is 0 Å². The second kappa shape index (κ2) is 16.5. The quantitative estimate of drug-likeness (QED) is 0.139. The molecule has 2 heterocycles. The van der Waals surface area contributed by atoms with Crippen molar-refractivity contribution < 1.29 is 33.6 Å². The smallest absolute Gasteiger partial charge is 0.306 e. The number of aliphatic hydroxyl groups excluding tert-OH is 1. The highest BCUT2D eigenvalue weighted by molar-refractivity contribution is 5.70. The minimum atomic E-state index is -0.612. The van der Waals surface area contributed by atoms with E-state index in [1.54, 1.807) is 7.11 Å². The Labute approximate surface area is 242 Å². The van der Waals surface area contributed by atoms with Crippen molar-refractivity contribution in [3.63, 3.8) is 0 Å². The molecule has 0 aliphatic carbocycles. The number of hydrogen-bond donors (Lipinski definition) is 1. The number of rotatable bonds is 11. The van der Waals surface area contributed by atoms with Crippen LogP contribution in [0.4, 0.5) is 0 Å². The standard InChI is InChI=1S/C33H54O7/c1-10-26-17-15-20(3)28(38-25(8)34)18-16-23(6)31(39-29(35)19-26)22(5)14-12-13-21(4)30(36)33-32(40-33)24(7)27(11-2)37-9/h12-14,16,18,20-21,23-24,26-28,30-33,36H,10-11,15,17,19H2,1-9H3. The summed E-state index contributed by atoms with van der Waals surface area (Å²) in [4.78, 5) is 24.7. The fraction of sp³-hybridized carbons (Fsp3) is 0.758. The Balaban J connectivity index is 2.15. The lowest BCUT2D eigenvalue weighted by molar-refractivity contribution is -0.150. The number of aliphatic hydroxyl groups is 1. The molecule has 0 spiro atoms. The molecule has 0 radical (unpaired) electrons. The Morgan fingerprint density at radius 1 is 1.15 bits per heavy atom. The lowest BCUT2D eigenvalue weighted by atomic mass is 9.88. The molecule has 0 bridgehead atoms. The van der Waals surface area contributed by atoms with E-state index in [9.17, 15) is 14.7 Å². The molecular formula is C33H54O7. The van der Waals surface area contributed by atoms with Crippen molar-refractivity contribution in [2.24, 2.45) is 29.6 Å². The number of cyclic esters (lactones) is 1. The number of methoxy groups -OCH3 is 1. The molecule has 1 fully saturated rings. The maximum atomic E-state index is 12.9. The van der Waals surface area contributed by atoms with Crippen LogP contribution in [-0.2, 0) is 28.5 Å². The molecule has 2 aliphatic heterocycles. The summed E-state index contributed by atoms with van der Waals surface area (Å²) in [7, 11) is 1.72. The molecule has 11 unspecified atom stereocenters. The minimum absolute atomic E-state index is 0.00164. The van der Waals surface area contributed by atoms with Crippen LogP contribution in [0.3, 0.4) is 0 Å². The fourth-order valence-corrected chi connectivity index (χ4v) is 5.77. The number of carbonyl (C=O) groups excluding carboxylic acids is 2. The third-order valence-electron chi connectivity index (χ3n) is 8.74. The molecule has 40 heavy (non-hydrogen) atoms. The molecule has 7 nitrogen and oxygen atoms in total. The maximum absolute atomic E-state index is 12.9. The van der Waals surface area contributed by atoms with Crippen LogP contribution in [0.15, 0.2) is 36.0 Å². The van der Waals surface area contributed by atoms with E-state index in [-0.39, 0.29) is 65.9 Å². The Hall–Kier alpha value is -1.96. The SMILES string of the molecule is CCC1CCC(C)C(OC(C)=O)C=CC(C)C(C(C)=CC=CC(C)C(O)C2OC2C(C)C(CC)OC)OC(=O)C1. The summed E-state index contributed by atoms with van der Waals surface area (Å²) in [6.45, 7) is 15.8. The third kappa shape index (κ3) is 10.1. The van der Waals surface area contributed by atoms with Gasteiger partial charge < -0.3 is 24.1 Å². The lowest BCUT2D eigenvalue weighted by Crippen LogP contribution is -2.30. The van der Waals surface area contributed by atoms with E-state index < -0.39 is 12.2 Å². The molecule has 2 rings (SSSR count). The van der Waals surface area contributed by atoms with Gasteiger partial charge in [0.15, 0.2) is 0 Å². The first kappa shape index (κ1) is 34.2. The van der Waals surface area contributed by atoms with Crippen molar-refractivity contribution in [1.29, 1.82) is 0 Å². The second-order valence-corrected chi connectivity index (χ2v) is 12.0. The summed E-state index contributed by atoms with van der Waals surface area (Å²) in [6.07, 6.45) is 12.3. The second-order valence-electron chi connectivity index (χ2n) is 12.0. The first-order chi connectivity index (χ1) is 18.9. The predicted molar refractivity (Wildman–Crippen MR) is 158 cm³/mol. The zero-order valence-electron chi connectivity index (χ0n) is 26.2. The van der Waals surface area contributed by atoms with Gasteiger partial charge in [-0.1, -0.05) is 72.3 Å². The first-order valence-corrected chi connectivity index (χ1v) is 15.2. The van der Waals surface area contributed by atoms with E-state index in [1.807, 2.05) is 51.2 Å². The molecular weight excluding hydrogens is 508 g/mol. The minimum Gasteiger partial charge on any atom is -0.458 e. The van der Waals surface area contributed by atoms with E-state index in [2.05, 4.69) is 27.7 Å². The van der Waals surface area contributed by atoms with Crippen LogP contribution in [0.25, 0.3) is 0 Å². The Kier molecular flexibility index (Phi) is 14.1. The van der Waals surface area contributed by atoms with Gasteiger partial charge in [-0.3, -0.25) is 9.59 Å². The van der Waals surface area contributed by atoms with Crippen LogP contribution < -0.4 is 0 Å². The predicted octanol–water partition coefficient (Wildman–Crippen LogP) is 6.20. The number of carbonyl (C=O) groups is 2. The van der Waals surface area contributed by atoms with Crippen LogP contribution >= 0.6 is 0 Å². The van der Waals surface area contributed by atoms with E-state index in [0.717, 1.165) is 31.3 Å². The molecule has 2 aliphatic rings. The van der Waals surface area contributed by atoms with Gasteiger partial charge in [-0.15, -0.1) is 0 Å². The largest absolute Gasteiger partial charge is 0.458 e. The van der Waals surface area contributed by atoms with Gasteiger partial charge in [0.25, 0.3) is 0 Å². The van der Waals surface area contributed by atoms with Gasteiger partial charge in [0, 0.05) is 38.2 Å². The molecule has 1 N–H and O–H groups in total. The number of hydrogen-bond acceptors (Lipinski definition) is 7. The Morgan fingerprint density at radius 2 is 1.85 bits per heavy atom. The van der Waals surface area contributed by atoms with Gasteiger partial charge in [0.05, 0.1) is 18.3 Å². The fourth-order valence-electron chi connectivity index (χ4n) is 5.77. The van der Waals surface area contributed by atoms with Gasteiger partial charge in [0.1, 0.15) is 18.3 Å². The van der Waals surface area contributed by atoms with Gasteiger partial charge in [-0.2, -0.15) is 0 Å². The summed E-state index contributed by atoms with van der Waals surface area (Å²) in [5.74, 6) is -0.106. The average molecular weight is 563 g/mol. The first-order valence-electron chi connectivity index (χ1n) is 15.2. The molecule has 7 heteroatoms. The number of epoxide rings is 1. The topological polar surface area (TPSA) is 94.6 Å². The van der Waals surface area contributed by atoms with Gasteiger partial charge >= 0.3 is 11.9 Å². The molecule has 1 saturated heterocycles. The monoisotopic (exact) mass is 562 g/mol. The van der Waals surface area contributed by atoms with E-state index in [1.165, 1.54) is 6.92 Å². The van der Waals surface area contributed by atoms with Crippen LogP contribution in [0, 0.1) is 29.6 Å². The molecule has 0 aromatic carbocycles. The van der Waals surface area contributed by atoms with E-state index in [0.29, 0.717) is 6.42 Å². The summed E-state index contributed by atoms with van der Waals surface area (Å²) < 4.78 is 23.1. The molecule has 0 saturated carbocycles. The molecule has 228 valence electrons. The van der Waals surface area contributed by atoms with Crippen molar-refractivity contribution in [2.75, 3.05) is 7.11 Å². The van der Waals surface area contributed by atoms with Crippen LogP contribution in [0.1, 0.15) is 87.5 Å². The normalized spacial score (nSPS) is 33.3. The third-order valence-corrected chi connectivity index (χ3v) is 8.74. The number of ether oxygens (including phenoxy) is 4. The van der Waals surface area contributed by atoms with Crippen molar-refractivity contribution in [2.45, 2.75) is 124 Å². The number of allylic oxidation sites excluding steroid dienone is 2. The molecule has 0 aromatic heterocycles. The maximum Gasteiger partial charge on any atom is 0.306 e. The number of esters is 2. The summed E-state index contributed by atoms with van der Waals surface area (Å²) in [5.41, 5.74) is 0.908. The van der Waals surface area contributed by atoms with Crippen molar-refractivity contribution in [1.82, 2.24) is 0 Å². The zero-order valence-corrected chi connectivity index (χ0v) is 26.2. The Morgan fingerprint density at radius 3 is 2.45 bits per heavy atom. The van der Waals surface area contributed by atoms with Crippen LogP contribution in [0.2, 0.25) is 0 Å². The summed E-state index contributed by atoms with van der Waals surface area (Å²) in [6, 6.07) is 0. The molecule has 11 atom stereocenters. The highest BCUT2D eigenvalue weighted by Gasteiger charge is 2.50. The molecule has 0 aromatic rings. The summed E-state index contributed by atoms with van der Waals surface area (Å²) in [5, 5.41) is 10.9. The van der Waals surface area contributed by atoms with E-state index >= 15 is 0 Å². The average Bonchev–Trinajstić information content (AvgIpc) is 3.71. The zero-order chi connectivity index (χ0) is 30.0. The van der Waals surface area contributed by atoms with Gasteiger partial charge in [-0.25, -0.2) is 0 Å². The van der Waals surface area contributed by atoms with E-state index in [4.69, 9.17) is 18.9 Å². The Bertz CT molecular complexity index is 889. The van der Waals surface area contributed by atoms with Gasteiger partial charge in [0.2, 0.25) is 0 Å². The highest BCUT2D eigenvalue weighted by Crippen LogP contribution is 2.37. The highest BCUT2D eigenvalue weighted by atomic mass is 16.6. The lowest BCUT2D eigenvalue weighted by Gasteiger charge is -2.28. The van der Waals surface area contributed by atoms with Crippen molar-refractivity contribution >= 4 is 11.9 Å². The van der Waals surface area contributed by atoms with Crippen molar-refractivity contribution in [3.8, 4) is 0 Å². The summed E-state index contributed by atoms with van der Waals surface area (Å²) >= 11 is 0.